The highest BCUT2D eigenvalue weighted by Crippen LogP contribution is 2.07. The lowest BCUT2D eigenvalue weighted by Crippen LogP contribution is -2.23. The molecule has 5 nitrogen and oxygen atoms in total. The van der Waals surface area contributed by atoms with Gasteiger partial charge in [-0.3, -0.25) is 4.79 Å². The highest BCUT2D eigenvalue weighted by atomic mass is 16.6. The van der Waals surface area contributed by atoms with E-state index in [4.69, 9.17) is 10.8 Å². The molecule has 1 unspecified atom stereocenters. The van der Waals surface area contributed by atoms with Gasteiger partial charge in [0, 0.05) is 5.69 Å². The molecular weight excluding hydrogens is 198 g/mol. The molecule has 1 aromatic carbocycles. The van der Waals surface area contributed by atoms with E-state index in [2.05, 4.69) is 4.74 Å². The summed E-state index contributed by atoms with van der Waals surface area (Å²) < 4.78 is 4.68. The summed E-state index contributed by atoms with van der Waals surface area (Å²) in [4.78, 5) is 21.7. The number of rotatable bonds is 4. The van der Waals surface area contributed by atoms with Crippen LogP contribution in [0.5, 0.6) is 0 Å². The molecule has 0 heterocycles. The normalized spacial score (nSPS) is 11.8. The second kappa shape index (κ2) is 5.11. The van der Waals surface area contributed by atoms with Gasteiger partial charge in [0.2, 0.25) is 0 Å². The first-order valence-electron chi connectivity index (χ1n) is 4.30. The highest BCUT2D eigenvalue weighted by Gasteiger charge is 2.13. The lowest BCUT2D eigenvalue weighted by molar-refractivity contribution is -0.117. The fraction of sp³-hybridized carbons (Fsp3) is 0.200. The van der Waals surface area contributed by atoms with Crippen molar-refractivity contribution in [3.63, 3.8) is 0 Å². The fourth-order valence-corrected chi connectivity index (χ4v) is 0.933. The van der Waals surface area contributed by atoms with Gasteiger partial charge in [-0.15, -0.1) is 0 Å². The van der Waals surface area contributed by atoms with Crippen LogP contribution >= 0.6 is 0 Å². The molecule has 0 saturated heterocycles. The highest BCUT2D eigenvalue weighted by molar-refractivity contribution is 5.90. The van der Waals surface area contributed by atoms with E-state index >= 15 is 0 Å². The summed E-state index contributed by atoms with van der Waals surface area (Å²) in [5, 5.41) is 8.64. The van der Waals surface area contributed by atoms with Crippen LogP contribution < -0.4 is 5.73 Å². The van der Waals surface area contributed by atoms with Crippen LogP contribution in [-0.2, 0) is 9.53 Å². The van der Waals surface area contributed by atoms with E-state index in [1.54, 1.807) is 12.1 Å². The molecule has 5 heteroatoms. The number of hydrogen-bond donors (Lipinski definition) is 2. The summed E-state index contributed by atoms with van der Waals surface area (Å²) in [5.74, 6) is -0.666. The average molecular weight is 209 g/mol. The fourth-order valence-electron chi connectivity index (χ4n) is 0.933. The van der Waals surface area contributed by atoms with Crippen molar-refractivity contribution in [2.45, 2.75) is 6.10 Å². The van der Waals surface area contributed by atoms with Crippen molar-refractivity contribution >= 4 is 17.9 Å². The Morgan fingerprint density at radius 1 is 1.47 bits per heavy atom. The number of ether oxygens (including phenoxy) is 1. The molecule has 15 heavy (non-hydrogen) atoms. The molecule has 0 aromatic heterocycles. The summed E-state index contributed by atoms with van der Waals surface area (Å²) in [6.45, 7) is -0.524. The minimum absolute atomic E-state index is 0.282. The van der Waals surface area contributed by atoms with Crippen molar-refractivity contribution in [1.29, 1.82) is 0 Å². The van der Waals surface area contributed by atoms with Gasteiger partial charge in [0.15, 0.2) is 12.4 Å². The molecule has 0 saturated carbocycles. The second-order valence-corrected chi connectivity index (χ2v) is 2.88. The number of aliphatic hydroxyl groups is 1. The molecule has 0 aliphatic heterocycles. The SMILES string of the molecule is Nc1ccc(C(=O)OC(C=O)CO)cc1. The van der Waals surface area contributed by atoms with Gasteiger partial charge in [-0.1, -0.05) is 0 Å². The minimum Gasteiger partial charge on any atom is -0.449 e. The summed E-state index contributed by atoms with van der Waals surface area (Å²) in [5.41, 5.74) is 6.24. The number of hydrogen-bond acceptors (Lipinski definition) is 5. The van der Waals surface area contributed by atoms with E-state index in [1.807, 2.05) is 0 Å². The van der Waals surface area contributed by atoms with Crippen molar-refractivity contribution in [3.05, 3.63) is 29.8 Å². The van der Waals surface area contributed by atoms with Gasteiger partial charge in [0.05, 0.1) is 12.2 Å². The van der Waals surface area contributed by atoms with E-state index in [1.165, 1.54) is 12.1 Å². The Balaban J connectivity index is 2.68. The lowest BCUT2D eigenvalue weighted by atomic mass is 10.2. The number of nitrogens with two attached hydrogens (primary N) is 1. The maximum Gasteiger partial charge on any atom is 0.338 e. The largest absolute Gasteiger partial charge is 0.449 e. The van der Waals surface area contributed by atoms with E-state index < -0.39 is 18.7 Å². The first-order chi connectivity index (χ1) is 7.17. The number of esters is 1. The first-order valence-corrected chi connectivity index (χ1v) is 4.30. The van der Waals surface area contributed by atoms with Crippen LogP contribution in [-0.4, -0.2) is 30.1 Å². The molecule has 0 spiro atoms. The van der Waals surface area contributed by atoms with E-state index in [0.29, 0.717) is 12.0 Å². The Kier molecular flexibility index (Phi) is 3.82. The standard InChI is InChI=1S/C10H11NO4/c11-8-3-1-7(2-4-8)10(14)15-9(5-12)6-13/h1-5,9,13H,6,11H2. The zero-order valence-electron chi connectivity index (χ0n) is 7.92. The van der Waals surface area contributed by atoms with Gasteiger partial charge < -0.3 is 15.6 Å². The Bertz CT molecular complexity index is 347. The van der Waals surface area contributed by atoms with Crippen LogP contribution in [0, 0.1) is 0 Å². The Hall–Kier alpha value is -1.88. The van der Waals surface area contributed by atoms with Crippen LogP contribution in [0.2, 0.25) is 0 Å². The number of carbonyl (C=O) groups is 2. The zero-order chi connectivity index (χ0) is 11.3. The molecule has 3 N–H and O–H groups in total. The maximum absolute atomic E-state index is 11.4. The third kappa shape index (κ3) is 3.07. The predicted molar refractivity (Wildman–Crippen MR) is 53.2 cm³/mol. The topological polar surface area (TPSA) is 89.6 Å². The van der Waals surface area contributed by atoms with Crippen molar-refractivity contribution in [3.8, 4) is 0 Å². The molecule has 1 atom stereocenters. The number of nitrogen functional groups attached to an aromatic ring is 1. The van der Waals surface area contributed by atoms with Gasteiger partial charge in [0.1, 0.15) is 0 Å². The molecular formula is C10H11NO4. The molecule has 0 aliphatic rings. The summed E-state index contributed by atoms with van der Waals surface area (Å²) >= 11 is 0. The molecule has 0 bridgehead atoms. The van der Waals surface area contributed by atoms with Crippen molar-refractivity contribution in [1.82, 2.24) is 0 Å². The Labute approximate surface area is 86.5 Å². The zero-order valence-corrected chi connectivity index (χ0v) is 7.92. The second-order valence-electron chi connectivity index (χ2n) is 2.88. The van der Waals surface area contributed by atoms with Crippen molar-refractivity contribution < 1.29 is 19.4 Å². The van der Waals surface area contributed by atoms with Crippen molar-refractivity contribution in [2.75, 3.05) is 12.3 Å². The van der Waals surface area contributed by atoms with Gasteiger partial charge in [-0.25, -0.2) is 4.79 Å². The molecule has 0 fully saturated rings. The smallest absolute Gasteiger partial charge is 0.338 e. The van der Waals surface area contributed by atoms with Gasteiger partial charge >= 0.3 is 5.97 Å². The third-order valence-corrected chi connectivity index (χ3v) is 1.74. The van der Waals surface area contributed by atoms with Crippen LogP contribution in [0.25, 0.3) is 0 Å². The molecule has 0 aliphatic carbocycles. The monoisotopic (exact) mass is 209 g/mol. The van der Waals surface area contributed by atoms with E-state index in [0.717, 1.165) is 0 Å². The Morgan fingerprint density at radius 3 is 2.53 bits per heavy atom. The third-order valence-electron chi connectivity index (χ3n) is 1.74. The molecule has 0 radical (unpaired) electrons. The van der Waals surface area contributed by atoms with Gasteiger partial charge in [-0.2, -0.15) is 0 Å². The number of carbonyl (C=O) groups excluding carboxylic acids is 2. The van der Waals surface area contributed by atoms with Gasteiger partial charge in [0.25, 0.3) is 0 Å². The van der Waals surface area contributed by atoms with Crippen LogP contribution in [0.1, 0.15) is 10.4 Å². The summed E-state index contributed by atoms with van der Waals surface area (Å²) in [6, 6.07) is 6.06. The maximum atomic E-state index is 11.4. The van der Waals surface area contributed by atoms with Crippen LogP contribution in [0.4, 0.5) is 5.69 Å². The number of aliphatic hydroxyl groups excluding tert-OH is 1. The molecule has 1 aromatic rings. The van der Waals surface area contributed by atoms with E-state index in [9.17, 15) is 9.59 Å². The van der Waals surface area contributed by atoms with Crippen molar-refractivity contribution in [2.24, 2.45) is 0 Å². The minimum atomic E-state index is -1.12. The number of aldehydes is 1. The predicted octanol–water partition coefficient (Wildman–Crippen LogP) is -0.0146. The molecule has 80 valence electrons. The summed E-state index contributed by atoms with van der Waals surface area (Å²) in [6.07, 6.45) is -0.745. The first kappa shape index (κ1) is 11.2. The van der Waals surface area contributed by atoms with Crippen LogP contribution in [0.15, 0.2) is 24.3 Å². The lowest BCUT2D eigenvalue weighted by Gasteiger charge is -2.08. The van der Waals surface area contributed by atoms with Gasteiger partial charge in [-0.05, 0) is 24.3 Å². The molecule has 0 amide bonds. The Morgan fingerprint density at radius 2 is 2.07 bits per heavy atom. The quantitative estimate of drug-likeness (QED) is 0.413. The molecule has 1 rings (SSSR count). The average Bonchev–Trinajstić information content (AvgIpc) is 2.26. The summed E-state index contributed by atoms with van der Waals surface area (Å²) in [7, 11) is 0. The van der Waals surface area contributed by atoms with E-state index in [-0.39, 0.29) is 5.56 Å². The number of benzene rings is 1. The number of anilines is 1. The van der Waals surface area contributed by atoms with Crippen LogP contribution in [0.3, 0.4) is 0 Å².